The van der Waals surface area contributed by atoms with Gasteiger partial charge in [-0.05, 0) is 86.4 Å². The van der Waals surface area contributed by atoms with Crippen LogP contribution in [0.1, 0.15) is 71.7 Å². The first kappa shape index (κ1) is 38.3. The minimum Gasteiger partial charge on any atom is -0.490 e. The third kappa shape index (κ3) is 8.01. The van der Waals surface area contributed by atoms with Gasteiger partial charge in [0.05, 0.1) is 21.7 Å². The maximum absolute atomic E-state index is 13.3. The molecule has 0 spiro atoms. The quantitative estimate of drug-likeness (QED) is 0.299. The van der Waals surface area contributed by atoms with Gasteiger partial charge in [-0.15, -0.1) is 10.2 Å². The topological polar surface area (TPSA) is 181 Å². The first-order valence-corrected chi connectivity index (χ1v) is 20.0. The number of benzene rings is 2. The highest BCUT2D eigenvalue weighted by Crippen LogP contribution is 2.36. The number of imide groups is 2. The van der Waals surface area contributed by atoms with Crippen molar-refractivity contribution >= 4 is 58.5 Å². The number of carbonyl (C=O) groups is 5. The van der Waals surface area contributed by atoms with E-state index in [0.29, 0.717) is 46.5 Å². The number of aromatic nitrogens is 2. The molecule has 15 nitrogen and oxygen atoms in total. The second-order valence-corrected chi connectivity index (χ2v) is 16.1. The Morgan fingerprint density at radius 2 is 1.68 bits per heavy atom. The van der Waals surface area contributed by atoms with Crippen LogP contribution in [0.4, 0.5) is 17.3 Å². The number of nitrogens with zero attached hydrogens (tertiary/aromatic N) is 7. The lowest BCUT2D eigenvalue weighted by Gasteiger charge is -2.39. The smallest absolute Gasteiger partial charge is 0.262 e. The van der Waals surface area contributed by atoms with Crippen LogP contribution in [-0.4, -0.2) is 107 Å². The molecule has 16 heteroatoms. The number of anilines is 3. The van der Waals surface area contributed by atoms with E-state index >= 15 is 0 Å². The zero-order valence-electron chi connectivity index (χ0n) is 31.7. The van der Waals surface area contributed by atoms with Gasteiger partial charge in [0, 0.05) is 69.9 Å². The summed E-state index contributed by atoms with van der Waals surface area (Å²) in [6, 6.07) is 15.1. The molecule has 8 rings (SSSR count). The second-order valence-electron chi connectivity index (χ2n) is 15.7. The summed E-state index contributed by atoms with van der Waals surface area (Å²) in [5.41, 5.74) is 1.85. The van der Waals surface area contributed by atoms with Gasteiger partial charge in [0.25, 0.3) is 11.8 Å². The average Bonchev–Trinajstić information content (AvgIpc) is 3.70. The van der Waals surface area contributed by atoms with Crippen LogP contribution in [0.5, 0.6) is 5.75 Å². The SMILES string of the molecule is CC1C[C@H](C(=O)Nc2ccc(N3CCC(CN4CCN(c5ccc6c(c5)C(=O)N(C5CCC(=O)NC5=O)C6=O)CC4)CC3)nn2)C[C@H]1Oc1ccc(C#N)c(Cl)c1. The normalized spacial score (nSPS) is 24.3. The molecule has 1 aliphatic carbocycles. The molecular formula is C41H44ClN9O6. The lowest BCUT2D eigenvalue weighted by molar-refractivity contribution is -0.136. The summed E-state index contributed by atoms with van der Waals surface area (Å²) in [5.74, 6) is 0.183. The lowest BCUT2D eigenvalue weighted by atomic mass is 9.96. The van der Waals surface area contributed by atoms with E-state index in [2.05, 4.69) is 42.5 Å². The van der Waals surface area contributed by atoms with Crippen molar-refractivity contribution in [3.05, 3.63) is 70.2 Å². The molecule has 4 fully saturated rings. The number of hydrogen-bond acceptors (Lipinski definition) is 12. The second kappa shape index (κ2) is 16.1. The van der Waals surface area contributed by atoms with E-state index in [0.717, 1.165) is 75.1 Å². The van der Waals surface area contributed by atoms with E-state index in [4.69, 9.17) is 21.6 Å². The average molecular weight is 794 g/mol. The van der Waals surface area contributed by atoms with E-state index in [-0.39, 0.29) is 42.3 Å². The van der Waals surface area contributed by atoms with Crippen molar-refractivity contribution in [2.45, 2.75) is 57.6 Å². The minimum absolute atomic E-state index is 0.0873. The van der Waals surface area contributed by atoms with Crippen LogP contribution in [0.25, 0.3) is 0 Å². The molecule has 2 aromatic carbocycles. The third-order valence-corrected chi connectivity index (χ3v) is 12.4. The summed E-state index contributed by atoms with van der Waals surface area (Å²) in [7, 11) is 0. The Balaban J connectivity index is 0.768. The van der Waals surface area contributed by atoms with Gasteiger partial charge in [-0.25, -0.2) is 0 Å². The van der Waals surface area contributed by atoms with Crippen LogP contribution in [0.2, 0.25) is 5.02 Å². The molecule has 2 N–H and O–H groups in total. The number of halogens is 1. The van der Waals surface area contributed by atoms with Crippen molar-refractivity contribution < 1.29 is 28.7 Å². The molecule has 3 aromatic rings. The molecule has 0 radical (unpaired) electrons. The van der Waals surface area contributed by atoms with E-state index in [1.165, 1.54) is 0 Å². The Morgan fingerprint density at radius 3 is 2.39 bits per heavy atom. The fourth-order valence-electron chi connectivity index (χ4n) is 8.77. The molecule has 1 aromatic heterocycles. The summed E-state index contributed by atoms with van der Waals surface area (Å²) < 4.78 is 6.15. The number of rotatable bonds is 9. The van der Waals surface area contributed by atoms with Crippen molar-refractivity contribution in [1.82, 2.24) is 25.3 Å². The molecule has 5 amide bonds. The Kier molecular flexibility index (Phi) is 10.8. The van der Waals surface area contributed by atoms with Crippen molar-refractivity contribution in [1.29, 1.82) is 5.26 Å². The number of hydrogen-bond donors (Lipinski definition) is 2. The number of carbonyl (C=O) groups excluding carboxylic acids is 5. The third-order valence-electron chi connectivity index (χ3n) is 12.0. The highest BCUT2D eigenvalue weighted by molar-refractivity contribution is 6.31. The van der Waals surface area contributed by atoms with E-state index < -0.39 is 29.7 Å². The van der Waals surface area contributed by atoms with Gasteiger partial charge in [0.2, 0.25) is 17.7 Å². The van der Waals surface area contributed by atoms with Gasteiger partial charge in [-0.1, -0.05) is 18.5 Å². The summed E-state index contributed by atoms with van der Waals surface area (Å²) in [5, 5.41) is 23.4. The van der Waals surface area contributed by atoms with E-state index in [1.54, 1.807) is 36.4 Å². The first-order chi connectivity index (χ1) is 27.5. The Bertz CT molecular complexity index is 2130. The van der Waals surface area contributed by atoms with Gasteiger partial charge in [0.15, 0.2) is 11.6 Å². The van der Waals surface area contributed by atoms with Gasteiger partial charge in [0.1, 0.15) is 24.0 Å². The van der Waals surface area contributed by atoms with Crippen molar-refractivity contribution in [3.63, 3.8) is 0 Å². The maximum Gasteiger partial charge on any atom is 0.262 e. The van der Waals surface area contributed by atoms with Crippen LogP contribution >= 0.6 is 11.6 Å². The number of amides is 5. The van der Waals surface area contributed by atoms with Crippen LogP contribution in [0.15, 0.2) is 48.5 Å². The molecule has 4 atom stereocenters. The van der Waals surface area contributed by atoms with Gasteiger partial charge in [-0.2, -0.15) is 5.26 Å². The Morgan fingerprint density at radius 1 is 0.912 bits per heavy atom. The maximum atomic E-state index is 13.3. The van der Waals surface area contributed by atoms with Crippen molar-refractivity contribution in [2.75, 3.05) is 60.9 Å². The van der Waals surface area contributed by atoms with Gasteiger partial charge in [-0.3, -0.25) is 39.1 Å². The fraction of sp³-hybridized carbons (Fsp3) is 0.463. The predicted molar refractivity (Wildman–Crippen MR) is 210 cm³/mol. The molecular weight excluding hydrogens is 750 g/mol. The van der Waals surface area contributed by atoms with Gasteiger partial charge >= 0.3 is 0 Å². The minimum atomic E-state index is -0.978. The van der Waals surface area contributed by atoms with Crippen LogP contribution in [0.3, 0.4) is 0 Å². The van der Waals surface area contributed by atoms with Crippen molar-refractivity contribution in [3.8, 4) is 11.8 Å². The molecule has 4 aliphatic heterocycles. The predicted octanol–water partition coefficient (Wildman–Crippen LogP) is 3.87. The molecule has 5 aliphatic rings. The number of piperidine rings is 2. The number of nitriles is 1. The molecule has 0 bridgehead atoms. The molecule has 57 heavy (non-hydrogen) atoms. The zero-order chi connectivity index (χ0) is 39.8. The first-order valence-electron chi connectivity index (χ1n) is 19.6. The summed E-state index contributed by atoms with van der Waals surface area (Å²) in [6.45, 7) is 8.15. The van der Waals surface area contributed by atoms with Gasteiger partial charge < -0.3 is 19.9 Å². The van der Waals surface area contributed by atoms with E-state index in [1.807, 2.05) is 18.2 Å². The summed E-state index contributed by atoms with van der Waals surface area (Å²) >= 11 is 6.17. The molecule has 5 heterocycles. The Hall–Kier alpha value is -5.59. The number of ether oxygens (including phenoxy) is 1. The highest BCUT2D eigenvalue weighted by atomic mass is 35.5. The number of nitrogens with one attached hydrogen (secondary N) is 2. The molecule has 2 unspecified atom stereocenters. The summed E-state index contributed by atoms with van der Waals surface area (Å²) in [6.07, 6.45) is 3.38. The standard InChI is InChI=1S/C41H44ClN9O6/c1-24-18-27(19-34(24)57-29-4-2-26(22-43)32(42)21-29)38(53)44-35-7-8-36(47-46-35)50-12-10-25(11-13-50)23-48-14-16-49(17-15-48)28-3-5-30-31(20-28)41(56)51(40(30)55)33-6-9-37(52)45-39(33)54/h2-5,7-8,20-21,24-25,27,33-34H,6,9-19,23H2,1H3,(H,44,46,53)(H,45,52,54)/t24?,27-,33?,34+/m0/s1. The zero-order valence-corrected chi connectivity index (χ0v) is 32.4. The fourth-order valence-corrected chi connectivity index (χ4v) is 8.98. The lowest BCUT2D eigenvalue weighted by Crippen LogP contribution is -2.54. The van der Waals surface area contributed by atoms with Crippen LogP contribution < -0.4 is 25.2 Å². The molecule has 3 saturated heterocycles. The molecule has 296 valence electrons. The Labute approximate surface area is 335 Å². The summed E-state index contributed by atoms with van der Waals surface area (Å²) in [4.78, 5) is 71.6. The monoisotopic (exact) mass is 793 g/mol. The highest BCUT2D eigenvalue weighted by Gasteiger charge is 2.45. The largest absolute Gasteiger partial charge is 0.490 e. The number of piperazine rings is 1. The molecule has 1 saturated carbocycles. The van der Waals surface area contributed by atoms with Crippen LogP contribution in [-0.2, 0) is 14.4 Å². The van der Waals surface area contributed by atoms with Crippen LogP contribution in [0, 0.1) is 29.1 Å². The van der Waals surface area contributed by atoms with E-state index in [9.17, 15) is 24.0 Å². The van der Waals surface area contributed by atoms with Crippen molar-refractivity contribution in [2.24, 2.45) is 17.8 Å². The number of fused-ring (bicyclic) bond motifs is 1.